The molecule has 0 aliphatic carbocycles. The lowest BCUT2D eigenvalue weighted by molar-refractivity contribution is 0.0943. The largest absolute Gasteiger partial charge is 0.395 e. The molecule has 0 bridgehead atoms. The van der Waals surface area contributed by atoms with Crippen LogP contribution in [0.15, 0.2) is 30.6 Å². The first-order chi connectivity index (χ1) is 13.5. The Morgan fingerprint density at radius 2 is 2.18 bits per heavy atom. The highest BCUT2D eigenvalue weighted by Gasteiger charge is 2.16. The summed E-state index contributed by atoms with van der Waals surface area (Å²) in [6.45, 7) is 0.0202. The number of aliphatic hydroxyl groups is 1. The molecule has 5 N–H and O–H groups in total. The standard InChI is InChI=1S/C18H16ClN7O2/c19-13-3-1-2-10-6-11(18(28)22-4-5-27)14(26-15(10)13)8-23-17-12(7-20)16(21)24-9-25-17/h1-3,6,9,27H,4-5,8H2,(H,22,28)(H3,21,23,24,25). The van der Waals surface area contributed by atoms with Gasteiger partial charge in [0.2, 0.25) is 0 Å². The van der Waals surface area contributed by atoms with E-state index in [1.807, 2.05) is 6.07 Å². The van der Waals surface area contributed by atoms with Crippen LogP contribution in [0.25, 0.3) is 10.9 Å². The molecule has 0 unspecified atom stereocenters. The van der Waals surface area contributed by atoms with Crippen LogP contribution in [0, 0.1) is 11.3 Å². The van der Waals surface area contributed by atoms with Gasteiger partial charge in [0.25, 0.3) is 5.91 Å². The van der Waals surface area contributed by atoms with Crippen LogP contribution >= 0.6 is 11.6 Å². The number of halogens is 1. The maximum atomic E-state index is 12.5. The highest BCUT2D eigenvalue weighted by molar-refractivity contribution is 6.35. The predicted molar refractivity (Wildman–Crippen MR) is 105 cm³/mol. The highest BCUT2D eigenvalue weighted by atomic mass is 35.5. The fourth-order valence-corrected chi connectivity index (χ4v) is 2.83. The van der Waals surface area contributed by atoms with Gasteiger partial charge >= 0.3 is 0 Å². The van der Waals surface area contributed by atoms with Crippen LogP contribution in [0.1, 0.15) is 21.6 Å². The maximum absolute atomic E-state index is 12.5. The van der Waals surface area contributed by atoms with Crippen molar-refractivity contribution in [3.8, 4) is 6.07 Å². The number of amides is 1. The first-order valence-corrected chi connectivity index (χ1v) is 8.64. The Morgan fingerprint density at radius 1 is 1.36 bits per heavy atom. The van der Waals surface area contributed by atoms with E-state index in [9.17, 15) is 10.1 Å². The van der Waals surface area contributed by atoms with E-state index in [-0.39, 0.29) is 42.8 Å². The lowest BCUT2D eigenvalue weighted by atomic mass is 10.1. The van der Waals surface area contributed by atoms with Gasteiger partial charge in [-0.2, -0.15) is 5.26 Å². The molecule has 0 saturated carbocycles. The quantitative estimate of drug-likeness (QED) is 0.488. The number of aliphatic hydroxyl groups excluding tert-OH is 1. The van der Waals surface area contributed by atoms with Crippen LogP contribution in [0.5, 0.6) is 0 Å². The maximum Gasteiger partial charge on any atom is 0.253 e. The first-order valence-electron chi connectivity index (χ1n) is 8.26. The average Bonchev–Trinajstić information content (AvgIpc) is 2.70. The normalized spacial score (nSPS) is 10.5. The third-order valence-corrected chi connectivity index (χ3v) is 4.23. The summed E-state index contributed by atoms with van der Waals surface area (Å²) in [4.78, 5) is 24.8. The van der Waals surface area contributed by atoms with Crippen molar-refractivity contribution in [2.75, 3.05) is 24.2 Å². The number of nitrogens with zero attached hydrogens (tertiary/aromatic N) is 4. The number of pyridine rings is 1. The van der Waals surface area contributed by atoms with Gasteiger partial charge in [0.15, 0.2) is 0 Å². The van der Waals surface area contributed by atoms with E-state index in [1.54, 1.807) is 24.3 Å². The average molecular weight is 398 g/mol. The Labute approximate surface area is 165 Å². The molecule has 0 fully saturated rings. The minimum Gasteiger partial charge on any atom is -0.395 e. The van der Waals surface area contributed by atoms with Gasteiger partial charge in [0.1, 0.15) is 29.6 Å². The van der Waals surface area contributed by atoms with Crippen LogP contribution in [-0.4, -0.2) is 39.1 Å². The summed E-state index contributed by atoms with van der Waals surface area (Å²) in [5.41, 5.74) is 7.06. The molecule has 10 heteroatoms. The zero-order chi connectivity index (χ0) is 20.1. The second kappa shape index (κ2) is 8.47. The SMILES string of the molecule is N#Cc1c(N)ncnc1NCc1nc2c(Cl)cccc2cc1C(=O)NCCO. The zero-order valence-corrected chi connectivity index (χ0v) is 15.4. The van der Waals surface area contributed by atoms with Gasteiger partial charge in [-0.3, -0.25) is 4.79 Å². The van der Waals surface area contributed by atoms with Gasteiger partial charge in [0, 0.05) is 11.9 Å². The number of nitrogen functional groups attached to an aromatic ring is 1. The molecular formula is C18H16ClN7O2. The number of nitrogens with two attached hydrogens (primary N) is 1. The van der Waals surface area contributed by atoms with Crippen LogP contribution in [-0.2, 0) is 6.54 Å². The lowest BCUT2D eigenvalue weighted by Gasteiger charge is -2.13. The Hall–Kier alpha value is -3.48. The van der Waals surface area contributed by atoms with Crippen molar-refractivity contribution < 1.29 is 9.90 Å². The molecule has 142 valence electrons. The molecular weight excluding hydrogens is 382 g/mol. The molecule has 1 amide bonds. The van der Waals surface area contributed by atoms with Crippen molar-refractivity contribution in [2.45, 2.75) is 6.54 Å². The molecule has 2 heterocycles. The second-order valence-corrected chi connectivity index (χ2v) is 6.13. The summed E-state index contributed by atoms with van der Waals surface area (Å²) >= 11 is 6.23. The van der Waals surface area contributed by atoms with E-state index in [0.717, 1.165) is 0 Å². The van der Waals surface area contributed by atoms with Crippen molar-refractivity contribution in [1.29, 1.82) is 5.26 Å². The summed E-state index contributed by atoms with van der Waals surface area (Å²) in [6, 6.07) is 8.89. The van der Waals surface area contributed by atoms with E-state index in [0.29, 0.717) is 27.2 Å². The Balaban J connectivity index is 2.00. The highest BCUT2D eigenvalue weighted by Crippen LogP contribution is 2.25. The minimum atomic E-state index is -0.386. The molecule has 3 rings (SSSR count). The molecule has 1 aromatic carbocycles. The van der Waals surface area contributed by atoms with Crippen LogP contribution < -0.4 is 16.4 Å². The van der Waals surface area contributed by atoms with Crippen molar-refractivity contribution in [2.24, 2.45) is 0 Å². The van der Waals surface area contributed by atoms with E-state index in [2.05, 4.69) is 25.6 Å². The first kappa shape index (κ1) is 19.3. The summed E-state index contributed by atoms with van der Waals surface area (Å²) < 4.78 is 0. The van der Waals surface area contributed by atoms with E-state index >= 15 is 0 Å². The topological polar surface area (TPSA) is 150 Å². The molecule has 0 atom stereocenters. The lowest BCUT2D eigenvalue weighted by Crippen LogP contribution is -2.28. The van der Waals surface area contributed by atoms with Crippen LogP contribution in [0.4, 0.5) is 11.6 Å². The number of carbonyl (C=O) groups excluding carboxylic acids is 1. The second-order valence-electron chi connectivity index (χ2n) is 5.72. The number of carbonyl (C=O) groups is 1. The smallest absolute Gasteiger partial charge is 0.253 e. The van der Waals surface area contributed by atoms with Crippen LogP contribution in [0.3, 0.4) is 0 Å². The fraction of sp³-hybridized carbons (Fsp3) is 0.167. The monoisotopic (exact) mass is 397 g/mol. The van der Waals surface area contributed by atoms with E-state index < -0.39 is 0 Å². The van der Waals surface area contributed by atoms with E-state index in [4.69, 9.17) is 22.4 Å². The number of fused-ring (bicyclic) bond motifs is 1. The van der Waals surface area contributed by atoms with Gasteiger partial charge in [0.05, 0.1) is 34.9 Å². The summed E-state index contributed by atoms with van der Waals surface area (Å²) in [6.07, 6.45) is 1.23. The minimum absolute atomic E-state index is 0.0513. The fourth-order valence-electron chi connectivity index (χ4n) is 2.61. The summed E-state index contributed by atoms with van der Waals surface area (Å²) in [7, 11) is 0. The molecule has 0 saturated heterocycles. The van der Waals surface area contributed by atoms with Gasteiger partial charge in [-0.1, -0.05) is 23.7 Å². The van der Waals surface area contributed by atoms with Crippen LogP contribution in [0.2, 0.25) is 5.02 Å². The van der Waals surface area contributed by atoms with Gasteiger partial charge in [-0.05, 0) is 12.1 Å². The molecule has 9 nitrogen and oxygen atoms in total. The third kappa shape index (κ3) is 3.93. The van der Waals surface area contributed by atoms with Crippen molar-refractivity contribution in [1.82, 2.24) is 20.3 Å². The summed E-state index contributed by atoms with van der Waals surface area (Å²) in [5.74, 6) is -0.101. The van der Waals surface area contributed by atoms with Crippen molar-refractivity contribution >= 4 is 40.0 Å². The molecule has 3 aromatic rings. The van der Waals surface area contributed by atoms with Crippen molar-refractivity contribution in [3.05, 3.63) is 52.4 Å². The Bertz CT molecular complexity index is 1080. The number of rotatable bonds is 6. The number of nitriles is 1. The number of anilines is 2. The zero-order valence-electron chi connectivity index (χ0n) is 14.6. The van der Waals surface area contributed by atoms with E-state index in [1.165, 1.54) is 6.33 Å². The Kier molecular flexibility index (Phi) is 5.84. The third-order valence-electron chi connectivity index (χ3n) is 3.93. The van der Waals surface area contributed by atoms with Gasteiger partial charge in [-0.15, -0.1) is 0 Å². The molecule has 0 aliphatic heterocycles. The number of hydrogen-bond acceptors (Lipinski definition) is 8. The number of aromatic nitrogens is 3. The Morgan fingerprint density at radius 3 is 2.93 bits per heavy atom. The molecule has 0 aliphatic rings. The molecule has 0 radical (unpaired) electrons. The number of nitrogens with one attached hydrogen (secondary N) is 2. The predicted octanol–water partition coefficient (Wildman–Crippen LogP) is 1.47. The molecule has 2 aromatic heterocycles. The number of benzene rings is 1. The molecule has 28 heavy (non-hydrogen) atoms. The van der Waals surface area contributed by atoms with Gasteiger partial charge < -0.3 is 21.5 Å². The number of para-hydroxylation sites is 1. The van der Waals surface area contributed by atoms with Gasteiger partial charge in [-0.25, -0.2) is 15.0 Å². The number of hydrogen-bond donors (Lipinski definition) is 4. The summed E-state index contributed by atoms with van der Waals surface area (Å²) in [5, 5.41) is 24.9. The van der Waals surface area contributed by atoms with Crippen molar-refractivity contribution in [3.63, 3.8) is 0 Å². The molecule has 0 spiro atoms.